The number of hydrogen-bond donors (Lipinski definition) is 1. The highest BCUT2D eigenvalue weighted by atomic mass is 16.5. The number of hydrazone groups is 1. The molecule has 0 saturated heterocycles. The number of nitriles is 1. The molecule has 0 bridgehead atoms. The summed E-state index contributed by atoms with van der Waals surface area (Å²) < 4.78 is 5.80. The molecule has 2 heterocycles. The van der Waals surface area contributed by atoms with Crippen molar-refractivity contribution in [3.05, 3.63) is 52.9 Å². The van der Waals surface area contributed by atoms with Crippen molar-refractivity contribution in [2.75, 3.05) is 11.6 Å². The molecule has 5 nitrogen and oxygen atoms in total. The minimum absolute atomic E-state index is 0.353. The molecule has 0 radical (unpaired) electrons. The Morgan fingerprint density at radius 3 is 2.79 bits per heavy atom. The quantitative estimate of drug-likeness (QED) is 0.905. The van der Waals surface area contributed by atoms with Crippen LogP contribution < -0.4 is 10.7 Å². The molecule has 0 saturated carbocycles. The maximum atomic E-state index is 9.63. The molecule has 0 atom stereocenters. The van der Waals surface area contributed by atoms with Gasteiger partial charge in [-0.2, -0.15) is 10.4 Å². The summed E-state index contributed by atoms with van der Waals surface area (Å²) in [7, 11) is 0. The monoisotopic (exact) mass is 322 g/mol. The van der Waals surface area contributed by atoms with Crippen LogP contribution in [0, 0.1) is 11.3 Å². The van der Waals surface area contributed by atoms with Gasteiger partial charge in [0.05, 0.1) is 23.6 Å². The van der Waals surface area contributed by atoms with Crippen LogP contribution in [0.15, 0.2) is 52.4 Å². The molecule has 1 aromatic carbocycles. The van der Waals surface area contributed by atoms with Gasteiger partial charge in [-0.05, 0) is 43.5 Å². The van der Waals surface area contributed by atoms with Crippen LogP contribution in [-0.4, -0.2) is 17.9 Å². The van der Waals surface area contributed by atoms with Crippen LogP contribution in [0.4, 0.5) is 5.69 Å². The molecule has 0 amide bonds. The van der Waals surface area contributed by atoms with Crippen LogP contribution >= 0.6 is 0 Å². The van der Waals surface area contributed by atoms with Crippen molar-refractivity contribution in [3.8, 4) is 6.07 Å². The third-order valence-corrected chi connectivity index (χ3v) is 4.25. The summed E-state index contributed by atoms with van der Waals surface area (Å²) >= 11 is 0. The maximum Gasteiger partial charge on any atom is 0.144 e. The lowest BCUT2D eigenvalue weighted by atomic mass is 9.92. The average molecular weight is 322 g/mol. The van der Waals surface area contributed by atoms with Gasteiger partial charge in [-0.3, -0.25) is 0 Å². The second-order valence-electron chi connectivity index (χ2n) is 6.93. The zero-order valence-corrected chi connectivity index (χ0v) is 14.5. The van der Waals surface area contributed by atoms with Crippen LogP contribution in [0.2, 0.25) is 0 Å². The van der Waals surface area contributed by atoms with E-state index in [-0.39, 0.29) is 0 Å². The van der Waals surface area contributed by atoms with Crippen molar-refractivity contribution >= 4 is 11.4 Å². The molecule has 2 aliphatic heterocycles. The fraction of sp³-hybridized carbons (Fsp3) is 0.368. The van der Waals surface area contributed by atoms with E-state index in [1.165, 1.54) is 5.56 Å². The fourth-order valence-electron chi connectivity index (χ4n) is 2.85. The second-order valence-corrected chi connectivity index (χ2v) is 6.93. The second kappa shape index (κ2) is 5.81. The lowest BCUT2D eigenvalue weighted by Gasteiger charge is -2.34. The predicted octanol–water partition coefficient (Wildman–Crippen LogP) is 3.42. The van der Waals surface area contributed by atoms with E-state index in [1.807, 2.05) is 32.1 Å². The molecular formula is C19H22N4O. The van der Waals surface area contributed by atoms with Gasteiger partial charge in [-0.15, -0.1) is 0 Å². The molecule has 0 aromatic heterocycles. The van der Waals surface area contributed by atoms with E-state index in [0.29, 0.717) is 23.9 Å². The number of ether oxygens (including phenoxy) is 1. The molecule has 0 aliphatic carbocycles. The van der Waals surface area contributed by atoms with Crippen molar-refractivity contribution < 1.29 is 4.74 Å². The number of allylic oxidation sites excluding steroid dienone is 1. The van der Waals surface area contributed by atoms with Crippen molar-refractivity contribution in [2.45, 2.75) is 39.2 Å². The summed E-state index contributed by atoms with van der Waals surface area (Å²) in [5.41, 5.74) is 9.86. The van der Waals surface area contributed by atoms with E-state index in [0.717, 1.165) is 17.0 Å². The summed E-state index contributed by atoms with van der Waals surface area (Å²) in [5.74, 6) is 0.753. The van der Waals surface area contributed by atoms with E-state index >= 15 is 0 Å². The van der Waals surface area contributed by atoms with E-state index in [4.69, 9.17) is 10.5 Å². The van der Waals surface area contributed by atoms with Gasteiger partial charge < -0.3 is 10.5 Å². The molecule has 2 N–H and O–H groups in total. The SMILES string of the molecule is CC(C)c1cccc(N2N=C3COC(C)(C)C=C3C(C#N)=C2N)c1. The normalized spacial score (nSPS) is 19.6. The molecule has 5 heteroatoms. The summed E-state index contributed by atoms with van der Waals surface area (Å²) in [6.07, 6.45) is 1.92. The number of benzene rings is 1. The Kier molecular flexibility index (Phi) is 3.94. The van der Waals surface area contributed by atoms with Crippen LogP contribution in [0.5, 0.6) is 0 Å². The highest BCUT2D eigenvalue weighted by Gasteiger charge is 2.33. The van der Waals surface area contributed by atoms with Crippen molar-refractivity contribution in [2.24, 2.45) is 10.8 Å². The van der Waals surface area contributed by atoms with Gasteiger partial charge in [0.1, 0.15) is 17.5 Å². The number of anilines is 1. The summed E-state index contributed by atoms with van der Waals surface area (Å²) in [6.45, 7) is 8.55. The Labute approximate surface area is 142 Å². The van der Waals surface area contributed by atoms with Crippen molar-refractivity contribution in [1.82, 2.24) is 0 Å². The highest BCUT2D eigenvalue weighted by Crippen LogP contribution is 2.33. The van der Waals surface area contributed by atoms with E-state index in [9.17, 15) is 5.26 Å². The van der Waals surface area contributed by atoms with Gasteiger partial charge in [0, 0.05) is 5.57 Å². The molecule has 0 fully saturated rings. The Balaban J connectivity index is 2.11. The maximum absolute atomic E-state index is 9.63. The van der Waals surface area contributed by atoms with Gasteiger partial charge in [0.25, 0.3) is 0 Å². The van der Waals surface area contributed by atoms with Gasteiger partial charge in [0.2, 0.25) is 0 Å². The number of fused-ring (bicyclic) bond motifs is 1. The first kappa shape index (κ1) is 16.3. The molecule has 124 valence electrons. The molecule has 3 rings (SSSR count). The zero-order chi connectivity index (χ0) is 17.5. The number of nitrogens with two attached hydrogens (primary N) is 1. The number of hydrogen-bond acceptors (Lipinski definition) is 5. The average Bonchev–Trinajstić information content (AvgIpc) is 2.54. The first-order chi connectivity index (χ1) is 11.3. The van der Waals surface area contributed by atoms with Crippen molar-refractivity contribution in [3.63, 3.8) is 0 Å². The molecule has 2 aliphatic rings. The largest absolute Gasteiger partial charge is 0.383 e. The summed E-state index contributed by atoms with van der Waals surface area (Å²) in [4.78, 5) is 0. The summed E-state index contributed by atoms with van der Waals surface area (Å²) in [5, 5.41) is 15.9. The van der Waals surface area contributed by atoms with E-state index in [2.05, 4.69) is 37.2 Å². The zero-order valence-electron chi connectivity index (χ0n) is 14.5. The fourth-order valence-corrected chi connectivity index (χ4v) is 2.85. The lowest BCUT2D eigenvalue weighted by Crippen LogP contribution is -2.39. The topological polar surface area (TPSA) is 74.6 Å². The van der Waals surface area contributed by atoms with Gasteiger partial charge in [-0.25, -0.2) is 5.01 Å². The van der Waals surface area contributed by atoms with Gasteiger partial charge in [0.15, 0.2) is 0 Å². The van der Waals surface area contributed by atoms with Gasteiger partial charge >= 0.3 is 0 Å². The first-order valence-corrected chi connectivity index (χ1v) is 8.07. The summed E-state index contributed by atoms with van der Waals surface area (Å²) in [6, 6.07) is 10.3. The third kappa shape index (κ3) is 2.81. The molecule has 0 spiro atoms. The standard InChI is InChI=1S/C19H22N4O/c1-12(2)13-6-5-7-14(8-13)23-18(21)16(10-20)15-9-19(3,4)24-11-17(15)22-23/h5-9,12H,11,21H2,1-4H3. The molecule has 0 unspecified atom stereocenters. The highest BCUT2D eigenvalue weighted by molar-refractivity contribution is 6.08. The van der Waals surface area contributed by atoms with Crippen LogP contribution in [0.1, 0.15) is 39.2 Å². The van der Waals surface area contributed by atoms with Crippen molar-refractivity contribution in [1.29, 1.82) is 5.26 Å². The number of nitrogens with zero attached hydrogens (tertiary/aromatic N) is 3. The molecule has 1 aromatic rings. The first-order valence-electron chi connectivity index (χ1n) is 8.07. The Hall–Kier alpha value is -2.58. The van der Waals surface area contributed by atoms with Gasteiger partial charge in [-0.1, -0.05) is 26.0 Å². The minimum Gasteiger partial charge on any atom is -0.383 e. The Bertz CT molecular complexity index is 809. The minimum atomic E-state index is -0.434. The predicted molar refractivity (Wildman–Crippen MR) is 95.4 cm³/mol. The van der Waals surface area contributed by atoms with Crippen LogP contribution in [0.3, 0.4) is 0 Å². The Morgan fingerprint density at radius 2 is 2.12 bits per heavy atom. The van der Waals surface area contributed by atoms with E-state index < -0.39 is 5.60 Å². The van der Waals surface area contributed by atoms with Crippen LogP contribution in [-0.2, 0) is 4.74 Å². The molecular weight excluding hydrogens is 300 g/mol. The third-order valence-electron chi connectivity index (χ3n) is 4.25. The lowest BCUT2D eigenvalue weighted by molar-refractivity contribution is 0.0409. The molecule has 24 heavy (non-hydrogen) atoms. The van der Waals surface area contributed by atoms with E-state index in [1.54, 1.807) is 5.01 Å². The number of rotatable bonds is 2. The Morgan fingerprint density at radius 1 is 1.38 bits per heavy atom. The van der Waals surface area contributed by atoms with Crippen LogP contribution in [0.25, 0.3) is 0 Å². The smallest absolute Gasteiger partial charge is 0.144 e.